The molecule has 1 unspecified atom stereocenters. The van der Waals surface area contributed by atoms with Crippen LogP contribution in [0.1, 0.15) is 5.76 Å². The van der Waals surface area contributed by atoms with Gasteiger partial charge >= 0.3 is 0 Å². The lowest BCUT2D eigenvalue weighted by Gasteiger charge is -2.11. The largest absolute Gasteiger partial charge is 0.469 e. The fourth-order valence-corrected chi connectivity index (χ4v) is 2.16. The quantitative estimate of drug-likeness (QED) is 0.761. The first kappa shape index (κ1) is 11.0. The number of aromatic nitrogens is 2. The van der Waals surface area contributed by atoms with Crippen LogP contribution in [0.2, 0.25) is 0 Å². The molecule has 0 saturated carbocycles. The molecule has 3 rings (SSSR count). The molecule has 0 aliphatic rings. The van der Waals surface area contributed by atoms with Gasteiger partial charge in [0.05, 0.1) is 23.6 Å². The smallest absolute Gasteiger partial charge is 0.105 e. The summed E-state index contributed by atoms with van der Waals surface area (Å²) in [5.41, 5.74) is 8.26. The molecule has 0 amide bonds. The van der Waals surface area contributed by atoms with Crippen molar-refractivity contribution in [2.24, 2.45) is 5.73 Å². The zero-order valence-electron chi connectivity index (χ0n) is 9.99. The number of nitrogens with zero attached hydrogens (tertiary/aromatic N) is 2. The standard InChI is InChI=1S/C14H15N3O/c15-11(8-12-4-3-7-18-12)9-17-10-16-13-5-1-2-6-14(13)17/h1-7,10-11H,8-9,15H2. The molecule has 0 bridgehead atoms. The van der Waals surface area contributed by atoms with E-state index in [0.717, 1.165) is 29.8 Å². The second-order valence-electron chi connectivity index (χ2n) is 4.43. The van der Waals surface area contributed by atoms with Crippen molar-refractivity contribution < 1.29 is 4.42 Å². The van der Waals surface area contributed by atoms with Gasteiger partial charge in [-0.1, -0.05) is 12.1 Å². The lowest BCUT2D eigenvalue weighted by atomic mass is 10.2. The van der Waals surface area contributed by atoms with E-state index in [1.165, 1.54) is 0 Å². The predicted molar refractivity (Wildman–Crippen MR) is 70.1 cm³/mol. The first-order valence-corrected chi connectivity index (χ1v) is 6.01. The van der Waals surface area contributed by atoms with Crippen molar-refractivity contribution in [3.63, 3.8) is 0 Å². The van der Waals surface area contributed by atoms with Crippen LogP contribution in [0, 0.1) is 0 Å². The third-order valence-corrected chi connectivity index (χ3v) is 3.00. The summed E-state index contributed by atoms with van der Waals surface area (Å²) in [6.07, 6.45) is 4.25. The highest BCUT2D eigenvalue weighted by Gasteiger charge is 2.09. The van der Waals surface area contributed by atoms with Crippen LogP contribution in [0.15, 0.2) is 53.4 Å². The summed E-state index contributed by atoms with van der Waals surface area (Å²) in [7, 11) is 0. The van der Waals surface area contributed by atoms with E-state index in [1.54, 1.807) is 6.26 Å². The maximum absolute atomic E-state index is 6.14. The summed E-state index contributed by atoms with van der Waals surface area (Å²) in [5.74, 6) is 0.923. The van der Waals surface area contributed by atoms with Gasteiger partial charge in [-0.2, -0.15) is 0 Å². The zero-order chi connectivity index (χ0) is 12.4. The summed E-state index contributed by atoms with van der Waals surface area (Å²) in [6.45, 7) is 0.737. The van der Waals surface area contributed by atoms with Gasteiger partial charge in [-0.15, -0.1) is 0 Å². The Balaban J connectivity index is 1.76. The monoisotopic (exact) mass is 241 g/mol. The van der Waals surface area contributed by atoms with E-state index in [-0.39, 0.29) is 6.04 Å². The average Bonchev–Trinajstić information content (AvgIpc) is 3.00. The molecule has 4 heteroatoms. The van der Waals surface area contributed by atoms with Gasteiger partial charge in [0.1, 0.15) is 5.76 Å². The summed E-state index contributed by atoms with van der Waals surface area (Å²) < 4.78 is 7.39. The number of nitrogens with two attached hydrogens (primary N) is 1. The number of fused-ring (bicyclic) bond motifs is 1. The second-order valence-corrected chi connectivity index (χ2v) is 4.43. The summed E-state index contributed by atoms with van der Waals surface area (Å²) in [5, 5.41) is 0. The van der Waals surface area contributed by atoms with E-state index >= 15 is 0 Å². The van der Waals surface area contributed by atoms with Gasteiger partial charge in [-0.3, -0.25) is 0 Å². The van der Waals surface area contributed by atoms with Crippen LogP contribution in [0.25, 0.3) is 11.0 Å². The normalized spacial score (nSPS) is 12.9. The highest BCUT2D eigenvalue weighted by atomic mass is 16.3. The number of imidazole rings is 1. The molecule has 18 heavy (non-hydrogen) atoms. The molecule has 2 N–H and O–H groups in total. The molecular weight excluding hydrogens is 226 g/mol. The second kappa shape index (κ2) is 4.66. The molecule has 0 radical (unpaired) electrons. The van der Waals surface area contributed by atoms with Gasteiger partial charge < -0.3 is 14.7 Å². The zero-order valence-corrected chi connectivity index (χ0v) is 9.99. The molecule has 0 spiro atoms. The van der Waals surface area contributed by atoms with E-state index in [4.69, 9.17) is 10.2 Å². The number of benzene rings is 1. The molecule has 0 aliphatic carbocycles. The number of rotatable bonds is 4. The van der Waals surface area contributed by atoms with E-state index in [2.05, 4.69) is 15.6 Å². The lowest BCUT2D eigenvalue weighted by Crippen LogP contribution is -2.28. The number of furan rings is 1. The van der Waals surface area contributed by atoms with E-state index in [0.29, 0.717) is 0 Å². The van der Waals surface area contributed by atoms with E-state index in [9.17, 15) is 0 Å². The Morgan fingerprint density at radius 2 is 2.11 bits per heavy atom. The summed E-state index contributed by atoms with van der Waals surface area (Å²) >= 11 is 0. The van der Waals surface area contributed by atoms with Gasteiger partial charge in [0, 0.05) is 19.0 Å². The minimum Gasteiger partial charge on any atom is -0.469 e. The average molecular weight is 241 g/mol. The molecule has 92 valence electrons. The van der Waals surface area contributed by atoms with Gasteiger partial charge in [0.25, 0.3) is 0 Å². The molecule has 0 saturated heterocycles. The Bertz CT molecular complexity index is 627. The number of hydrogen-bond donors (Lipinski definition) is 1. The fraction of sp³-hybridized carbons (Fsp3) is 0.214. The van der Waals surface area contributed by atoms with Crippen molar-refractivity contribution in [1.29, 1.82) is 0 Å². The van der Waals surface area contributed by atoms with Crippen LogP contribution in [-0.2, 0) is 13.0 Å². The van der Waals surface area contributed by atoms with Crippen molar-refractivity contribution in [1.82, 2.24) is 9.55 Å². The predicted octanol–water partition coefficient (Wildman–Crippen LogP) is 2.20. The van der Waals surface area contributed by atoms with Gasteiger partial charge in [-0.25, -0.2) is 4.98 Å². The first-order chi connectivity index (χ1) is 8.83. The Labute approximate surface area is 105 Å². The van der Waals surface area contributed by atoms with Crippen molar-refractivity contribution in [3.8, 4) is 0 Å². The third-order valence-electron chi connectivity index (χ3n) is 3.00. The number of para-hydroxylation sites is 2. The SMILES string of the molecule is NC(Cc1ccco1)Cn1cnc2ccccc21. The topological polar surface area (TPSA) is 57.0 Å². The lowest BCUT2D eigenvalue weighted by molar-refractivity contribution is 0.462. The highest BCUT2D eigenvalue weighted by Crippen LogP contribution is 2.13. The van der Waals surface area contributed by atoms with Crippen LogP contribution < -0.4 is 5.73 Å². The molecule has 2 aromatic heterocycles. The Morgan fingerprint density at radius 3 is 2.94 bits per heavy atom. The minimum absolute atomic E-state index is 0.0220. The molecule has 0 aliphatic heterocycles. The molecule has 4 nitrogen and oxygen atoms in total. The molecule has 3 aromatic rings. The molecule has 0 fully saturated rings. The third kappa shape index (κ3) is 2.15. The molecular formula is C14H15N3O. The highest BCUT2D eigenvalue weighted by molar-refractivity contribution is 5.74. The van der Waals surface area contributed by atoms with Crippen molar-refractivity contribution in [2.75, 3.05) is 0 Å². The van der Waals surface area contributed by atoms with Crippen LogP contribution in [0.4, 0.5) is 0 Å². The van der Waals surface area contributed by atoms with E-state index < -0.39 is 0 Å². The van der Waals surface area contributed by atoms with Gasteiger partial charge in [0.2, 0.25) is 0 Å². The Kier molecular flexibility index (Phi) is 2.86. The van der Waals surface area contributed by atoms with Crippen LogP contribution >= 0.6 is 0 Å². The van der Waals surface area contributed by atoms with Crippen LogP contribution in [-0.4, -0.2) is 15.6 Å². The summed E-state index contributed by atoms with van der Waals surface area (Å²) in [4.78, 5) is 4.35. The number of hydrogen-bond acceptors (Lipinski definition) is 3. The fourth-order valence-electron chi connectivity index (χ4n) is 2.16. The maximum Gasteiger partial charge on any atom is 0.105 e. The van der Waals surface area contributed by atoms with Crippen LogP contribution in [0.3, 0.4) is 0 Å². The van der Waals surface area contributed by atoms with Crippen LogP contribution in [0.5, 0.6) is 0 Å². The van der Waals surface area contributed by atoms with Crippen molar-refractivity contribution in [3.05, 3.63) is 54.7 Å². The van der Waals surface area contributed by atoms with Gasteiger partial charge in [-0.05, 0) is 24.3 Å². The Morgan fingerprint density at radius 1 is 1.22 bits per heavy atom. The summed E-state index contributed by atoms with van der Waals surface area (Å²) in [6, 6.07) is 11.9. The van der Waals surface area contributed by atoms with Gasteiger partial charge in [0.15, 0.2) is 0 Å². The molecule has 2 heterocycles. The molecule has 1 aromatic carbocycles. The maximum atomic E-state index is 6.14. The Hall–Kier alpha value is -2.07. The van der Waals surface area contributed by atoms with Crippen molar-refractivity contribution in [2.45, 2.75) is 19.0 Å². The van der Waals surface area contributed by atoms with E-state index in [1.807, 2.05) is 36.7 Å². The minimum atomic E-state index is 0.0220. The van der Waals surface area contributed by atoms with Crippen molar-refractivity contribution >= 4 is 11.0 Å². The molecule has 1 atom stereocenters. The first-order valence-electron chi connectivity index (χ1n) is 6.01.